The number of nitrogens with one attached hydrogen (secondary N) is 2. The van der Waals surface area contributed by atoms with Gasteiger partial charge in [0.1, 0.15) is 0 Å². The Morgan fingerprint density at radius 1 is 0.691 bits per heavy atom. The second-order valence-corrected chi connectivity index (χ2v) is 18.9. The molecule has 0 bridgehead atoms. The normalized spacial score (nSPS) is 15.7. The smallest absolute Gasteiger partial charge is 0.215 e. The minimum absolute atomic E-state index is 0.0808. The predicted octanol–water partition coefficient (Wildman–Crippen LogP) is 10.8. The number of aryl methyl sites for hydroxylation is 1. The van der Waals surface area contributed by atoms with Gasteiger partial charge in [-0.15, -0.1) is 45.3 Å². The van der Waals surface area contributed by atoms with Crippen LogP contribution in [0.1, 0.15) is 34.5 Å². The van der Waals surface area contributed by atoms with E-state index in [9.17, 15) is 0 Å². The van der Waals surface area contributed by atoms with Gasteiger partial charge >= 0.3 is 0 Å². The summed E-state index contributed by atoms with van der Waals surface area (Å²) >= 11 is 7.52. The summed E-state index contributed by atoms with van der Waals surface area (Å²) in [5, 5.41) is 16.0. The van der Waals surface area contributed by atoms with Crippen LogP contribution in [0.25, 0.3) is 77.4 Å². The molecule has 0 saturated carbocycles. The molecule has 0 fully saturated rings. The van der Waals surface area contributed by atoms with Crippen molar-refractivity contribution in [3.05, 3.63) is 154 Å². The lowest BCUT2D eigenvalue weighted by Crippen LogP contribution is -2.77. The summed E-state index contributed by atoms with van der Waals surface area (Å²) < 4.78 is 3.91. The van der Waals surface area contributed by atoms with Crippen LogP contribution in [0.15, 0.2) is 126 Å². The molecule has 0 aliphatic heterocycles. The molecule has 0 radical (unpaired) electrons. The third-order valence-corrected chi connectivity index (χ3v) is 15.8. The van der Waals surface area contributed by atoms with Gasteiger partial charge in [0.2, 0.25) is 5.36 Å². The number of nitrogens with zero attached hydrogens (tertiary/aromatic N) is 1. The quantitative estimate of drug-likeness (QED) is 0.147. The van der Waals surface area contributed by atoms with Crippen LogP contribution >= 0.6 is 45.3 Å². The monoisotopic (exact) mass is 783 g/mol. The molecule has 0 saturated heterocycles. The van der Waals surface area contributed by atoms with E-state index in [1.165, 1.54) is 98.2 Å². The molecule has 4 N–H and O–H groups in total. The number of anilines is 1. The Labute approximate surface area is 333 Å². The Hall–Kier alpha value is -5.22. The minimum atomic E-state index is 0.0808. The fraction of sp³-hybridized carbons (Fsp3) is 0.106. The maximum atomic E-state index is 6.30. The first kappa shape index (κ1) is 33.1. The molecule has 10 aromatic rings. The molecule has 1 aliphatic carbocycles. The lowest BCUT2D eigenvalue weighted by molar-refractivity contribution is -0.543. The van der Waals surface area contributed by atoms with Crippen LogP contribution in [0.2, 0.25) is 0 Å². The SMILES string of the molecule is Cc1ccc2sc(-c3cc4c(=[NH+][C@H](C)c5ccccc5)c5cc6c(cc5c4s3)/c(=N/Nc3ccccc3)c3cc(-c4cc5c(s4)C=CC(N)C5)sc36)cc2c1. The highest BCUT2D eigenvalue weighted by Crippen LogP contribution is 2.45. The predicted molar refractivity (Wildman–Crippen MR) is 239 cm³/mol. The zero-order valence-electron chi connectivity index (χ0n) is 30.1. The van der Waals surface area contributed by atoms with Gasteiger partial charge in [0.15, 0.2) is 6.04 Å². The fourth-order valence-corrected chi connectivity index (χ4v) is 12.8. The van der Waals surface area contributed by atoms with Gasteiger partial charge in [0.25, 0.3) is 0 Å². The number of hydrogen-bond acceptors (Lipinski definition) is 7. The molecule has 55 heavy (non-hydrogen) atoms. The van der Waals surface area contributed by atoms with Gasteiger partial charge in [0.05, 0.1) is 21.8 Å². The van der Waals surface area contributed by atoms with Crippen LogP contribution in [-0.4, -0.2) is 6.04 Å². The Bertz CT molecular complexity index is 3260. The maximum absolute atomic E-state index is 6.30. The summed E-state index contributed by atoms with van der Waals surface area (Å²) in [7, 11) is 0. The number of benzene rings is 4. The van der Waals surface area contributed by atoms with Gasteiger partial charge < -0.3 is 5.73 Å². The topological polar surface area (TPSA) is 64.4 Å². The molecule has 4 nitrogen and oxygen atoms in total. The second kappa shape index (κ2) is 12.9. The highest BCUT2D eigenvalue weighted by molar-refractivity contribution is 7.29. The molecule has 266 valence electrons. The third kappa shape index (κ3) is 5.62. The number of hydrogen-bond donors (Lipinski definition) is 3. The summed E-state index contributed by atoms with van der Waals surface area (Å²) in [4.78, 5) is 10.5. The molecule has 6 aromatic carbocycles. The van der Waals surface area contributed by atoms with Crippen molar-refractivity contribution in [1.82, 2.24) is 0 Å². The standard InChI is InChI=1S/C47H34N4S4/c1-25-13-15-38-28(17-25)19-40(52-38)42-23-36-44(49-26(2)27-9-5-3-6-10-27)32-21-35-33(22-34(32)46(36)54-42)45(51-50-31-11-7-4-8-12-31)37-24-43(55-47(35)37)41-20-29-18-30(48)14-16-39(29)53-41/h3-17,19-24,26,30,50H,18,48H2,1-2H3/p+1/b49-44?,51-45-/t26-,30?/m1/s1. The molecule has 0 spiro atoms. The summed E-state index contributed by atoms with van der Waals surface area (Å²) in [5.41, 5.74) is 14.6. The van der Waals surface area contributed by atoms with Crippen LogP contribution in [-0.2, 0) is 6.42 Å². The second-order valence-electron chi connectivity index (χ2n) is 14.6. The lowest BCUT2D eigenvalue weighted by Gasteiger charge is -2.10. The molecule has 1 aliphatic rings. The van der Waals surface area contributed by atoms with Crippen LogP contribution in [0, 0.1) is 6.92 Å². The molecule has 4 aromatic heterocycles. The van der Waals surface area contributed by atoms with E-state index in [0.717, 1.165) is 17.5 Å². The number of nitrogens with two attached hydrogens (primary N) is 1. The van der Waals surface area contributed by atoms with Crippen LogP contribution in [0.3, 0.4) is 0 Å². The van der Waals surface area contributed by atoms with E-state index in [2.05, 4.69) is 133 Å². The van der Waals surface area contributed by atoms with E-state index in [0.29, 0.717) is 0 Å². The first-order chi connectivity index (χ1) is 26.9. The van der Waals surface area contributed by atoms with Gasteiger partial charge in [-0.25, -0.2) is 4.99 Å². The molecule has 1 unspecified atom stereocenters. The van der Waals surface area contributed by atoms with E-state index in [1.54, 1.807) is 0 Å². The van der Waals surface area contributed by atoms with Gasteiger partial charge in [-0.2, -0.15) is 5.10 Å². The summed E-state index contributed by atoms with van der Waals surface area (Å²) in [5.74, 6) is 0. The van der Waals surface area contributed by atoms with E-state index in [-0.39, 0.29) is 12.1 Å². The van der Waals surface area contributed by atoms with Gasteiger partial charge in [0, 0.05) is 78.6 Å². The molecular weight excluding hydrogens is 749 g/mol. The van der Waals surface area contributed by atoms with E-state index < -0.39 is 0 Å². The lowest BCUT2D eigenvalue weighted by atomic mass is 10.0. The number of para-hydroxylation sites is 1. The van der Waals surface area contributed by atoms with Crippen molar-refractivity contribution in [3.63, 3.8) is 0 Å². The van der Waals surface area contributed by atoms with E-state index in [1.807, 2.05) is 63.5 Å². The fourth-order valence-electron chi connectivity index (χ4n) is 8.09. The minimum Gasteiger partial charge on any atom is -0.324 e. The highest BCUT2D eigenvalue weighted by atomic mass is 32.1. The first-order valence-corrected chi connectivity index (χ1v) is 21.8. The Kier molecular flexibility index (Phi) is 7.80. The van der Waals surface area contributed by atoms with Crippen molar-refractivity contribution in [2.75, 3.05) is 5.43 Å². The van der Waals surface area contributed by atoms with Crippen molar-refractivity contribution in [2.24, 2.45) is 10.8 Å². The highest BCUT2D eigenvalue weighted by Gasteiger charge is 2.24. The van der Waals surface area contributed by atoms with Crippen molar-refractivity contribution in [3.8, 4) is 19.5 Å². The molecular formula is C47H35N4S4+. The number of rotatable bonds is 6. The third-order valence-electron chi connectivity index (χ3n) is 10.8. The van der Waals surface area contributed by atoms with Crippen LogP contribution in [0.4, 0.5) is 5.69 Å². The molecule has 2 atom stereocenters. The summed E-state index contributed by atoms with van der Waals surface area (Å²) in [6.45, 7) is 4.43. The Morgan fingerprint density at radius 2 is 1.38 bits per heavy atom. The maximum Gasteiger partial charge on any atom is 0.215 e. The average molecular weight is 784 g/mol. The number of fused-ring (bicyclic) bond motifs is 8. The van der Waals surface area contributed by atoms with Gasteiger partial charge in [-0.1, -0.05) is 72.3 Å². The van der Waals surface area contributed by atoms with Crippen molar-refractivity contribution in [2.45, 2.75) is 32.4 Å². The van der Waals surface area contributed by atoms with Crippen molar-refractivity contribution in [1.29, 1.82) is 0 Å². The summed E-state index contributed by atoms with van der Waals surface area (Å²) in [6.07, 6.45) is 5.21. The number of thiophene rings is 4. The van der Waals surface area contributed by atoms with Crippen molar-refractivity contribution >= 4 is 109 Å². The van der Waals surface area contributed by atoms with Crippen LogP contribution in [0.5, 0.6) is 0 Å². The molecule has 4 heterocycles. The zero-order valence-corrected chi connectivity index (χ0v) is 33.4. The Balaban J connectivity index is 1.17. The van der Waals surface area contributed by atoms with Crippen LogP contribution < -0.4 is 26.9 Å². The Morgan fingerprint density at radius 3 is 2.20 bits per heavy atom. The largest absolute Gasteiger partial charge is 0.324 e. The molecule has 8 heteroatoms. The van der Waals surface area contributed by atoms with Gasteiger partial charge in [-0.3, -0.25) is 5.43 Å². The van der Waals surface area contributed by atoms with Crippen molar-refractivity contribution < 1.29 is 4.99 Å². The van der Waals surface area contributed by atoms with E-state index in [4.69, 9.17) is 10.8 Å². The molecule has 11 rings (SSSR count). The average Bonchev–Trinajstić information content (AvgIpc) is 4.05. The first-order valence-electron chi connectivity index (χ1n) is 18.6. The van der Waals surface area contributed by atoms with E-state index >= 15 is 0 Å². The van der Waals surface area contributed by atoms with Gasteiger partial charge in [-0.05, 0) is 85.0 Å². The zero-order chi connectivity index (χ0) is 36.8. The summed E-state index contributed by atoms with van der Waals surface area (Å²) in [6, 6.07) is 42.3. The molecule has 0 amide bonds.